The molecule has 19 heavy (non-hydrogen) atoms. The van der Waals surface area contributed by atoms with Crippen LogP contribution in [0.25, 0.3) is 0 Å². The standard InChI is InChI=1S/C17H24N2/c1-2-13(10-16(3-1)14-4-5-14)11-18-17-12-19-8-6-15(17)7-9-19/h1-3,10,14-15,17-18H,4-9,11-12H2. The Bertz CT molecular complexity index is 444. The fourth-order valence-electron chi connectivity index (χ4n) is 3.82. The minimum atomic E-state index is 0.729. The number of rotatable bonds is 4. The molecule has 5 rings (SSSR count). The summed E-state index contributed by atoms with van der Waals surface area (Å²) in [5.41, 5.74) is 3.04. The largest absolute Gasteiger partial charge is 0.308 e. The number of hydrogen-bond acceptors (Lipinski definition) is 2. The van der Waals surface area contributed by atoms with Crippen molar-refractivity contribution in [2.75, 3.05) is 19.6 Å². The molecule has 0 spiro atoms. The molecule has 1 N–H and O–H groups in total. The zero-order valence-electron chi connectivity index (χ0n) is 11.6. The minimum Gasteiger partial charge on any atom is -0.308 e. The summed E-state index contributed by atoms with van der Waals surface area (Å²) in [6.07, 6.45) is 5.60. The quantitative estimate of drug-likeness (QED) is 0.891. The molecular weight excluding hydrogens is 232 g/mol. The molecule has 1 aromatic rings. The third-order valence-corrected chi connectivity index (χ3v) is 5.22. The van der Waals surface area contributed by atoms with Crippen LogP contribution in [0.3, 0.4) is 0 Å². The SMILES string of the molecule is c1cc(CNC2CN3CCC2CC3)cc(C2CC2)c1. The van der Waals surface area contributed by atoms with Crippen LogP contribution in [0.2, 0.25) is 0 Å². The first kappa shape index (κ1) is 11.9. The predicted molar refractivity (Wildman–Crippen MR) is 78.2 cm³/mol. The Morgan fingerprint density at radius 1 is 1.11 bits per heavy atom. The van der Waals surface area contributed by atoms with E-state index >= 15 is 0 Å². The second-order valence-corrected chi connectivity index (χ2v) is 6.64. The molecule has 3 saturated heterocycles. The molecule has 2 nitrogen and oxygen atoms in total. The highest BCUT2D eigenvalue weighted by Crippen LogP contribution is 2.40. The lowest BCUT2D eigenvalue weighted by atomic mass is 9.84. The summed E-state index contributed by atoms with van der Waals surface area (Å²) < 4.78 is 0. The van der Waals surface area contributed by atoms with Crippen molar-refractivity contribution in [3.63, 3.8) is 0 Å². The topological polar surface area (TPSA) is 15.3 Å². The lowest BCUT2D eigenvalue weighted by Crippen LogP contribution is -2.55. The van der Waals surface area contributed by atoms with Gasteiger partial charge in [-0.15, -0.1) is 0 Å². The van der Waals surface area contributed by atoms with Crippen molar-refractivity contribution in [2.24, 2.45) is 5.92 Å². The lowest BCUT2D eigenvalue weighted by molar-refractivity contribution is 0.0720. The van der Waals surface area contributed by atoms with Gasteiger partial charge in [-0.2, -0.15) is 0 Å². The summed E-state index contributed by atoms with van der Waals surface area (Å²) in [5.74, 6) is 1.80. The average molecular weight is 256 g/mol. The first-order chi connectivity index (χ1) is 9.38. The summed E-state index contributed by atoms with van der Waals surface area (Å²) in [6, 6.07) is 9.97. The van der Waals surface area contributed by atoms with Crippen molar-refractivity contribution in [3.8, 4) is 0 Å². The van der Waals surface area contributed by atoms with Gasteiger partial charge in [0.2, 0.25) is 0 Å². The minimum absolute atomic E-state index is 0.729. The molecule has 3 heterocycles. The summed E-state index contributed by atoms with van der Waals surface area (Å²) in [5, 5.41) is 3.81. The van der Waals surface area contributed by atoms with Gasteiger partial charge in [0.25, 0.3) is 0 Å². The molecular formula is C17H24N2. The van der Waals surface area contributed by atoms with Crippen molar-refractivity contribution >= 4 is 0 Å². The van der Waals surface area contributed by atoms with Gasteiger partial charge in [-0.05, 0) is 61.7 Å². The molecule has 1 aromatic carbocycles. The predicted octanol–water partition coefficient (Wildman–Crippen LogP) is 2.75. The van der Waals surface area contributed by atoms with Gasteiger partial charge in [-0.25, -0.2) is 0 Å². The second kappa shape index (κ2) is 4.92. The van der Waals surface area contributed by atoms with Crippen LogP contribution in [0.1, 0.15) is 42.7 Å². The summed E-state index contributed by atoms with van der Waals surface area (Å²) in [4.78, 5) is 2.62. The van der Waals surface area contributed by atoms with Crippen molar-refractivity contribution < 1.29 is 0 Å². The Hall–Kier alpha value is -0.860. The maximum absolute atomic E-state index is 3.81. The van der Waals surface area contributed by atoms with Crippen molar-refractivity contribution in [1.29, 1.82) is 0 Å². The van der Waals surface area contributed by atoms with Gasteiger partial charge in [0.1, 0.15) is 0 Å². The molecule has 0 radical (unpaired) electrons. The van der Waals surface area contributed by atoms with E-state index in [0.29, 0.717) is 0 Å². The molecule has 102 valence electrons. The zero-order valence-corrected chi connectivity index (χ0v) is 11.6. The van der Waals surface area contributed by atoms with Gasteiger partial charge in [-0.1, -0.05) is 24.3 Å². The Morgan fingerprint density at radius 3 is 2.63 bits per heavy atom. The molecule has 3 aliphatic heterocycles. The molecule has 1 saturated carbocycles. The zero-order chi connectivity index (χ0) is 12.7. The highest BCUT2D eigenvalue weighted by Gasteiger charge is 2.33. The maximum Gasteiger partial charge on any atom is 0.0227 e. The van der Waals surface area contributed by atoms with Gasteiger partial charge in [-0.3, -0.25) is 0 Å². The van der Waals surface area contributed by atoms with E-state index in [1.54, 1.807) is 5.56 Å². The number of benzene rings is 1. The normalized spacial score (nSPS) is 33.6. The van der Waals surface area contributed by atoms with Crippen molar-refractivity contribution in [1.82, 2.24) is 10.2 Å². The van der Waals surface area contributed by atoms with E-state index in [1.165, 1.54) is 50.9 Å². The second-order valence-electron chi connectivity index (χ2n) is 6.64. The van der Waals surface area contributed by atoms with Gasteiger partial charge >= 0.3 is 0 Å². The van der Waals surface area contributed by atoms with E-state index in [2.05, 4.69) is 34.5 Å². The Labute approximate surface area is 116 Å². The summed E-state index contributed by atoms with van der Waals surface area (Å²) in [6.45, 7) is 4.99. The van der Waals surface area contributed by atoms with Gasteiger partial charge in [0.15, 0.2) is 0 Å². The lowest BCUT2D eigenvalue weighted by Gasteiger charge is -2.45. The number of nitrogens with one attached hydrogen (secondary N) is 1. The van der Waals surface area contributed by atoms with E-state index in [-0.39, 0.29) is 0 Å². The highest BCUT2D eigenvalue weighted by molar-refractivity contribution is 5.29. The molecule has 1 aliphatic carbocycles. The Kier molecular flexibility index (Phi) is 3.08. The smallest absolute Gasteiger partial charge is 0.0227 e. The fraction of sp³-hybridized carbons (Fsp3) is 0.647. The fourth-order valence-corrected chi connectivity index (χ4v) is 3.82. The summed E-state index contributed by atoms with van der Waals surface area (Å²) in [7, 11) is 0. The van der Waals surface area contributed by atoms with Crippen LogP contribution >= 0.6 is 0 Å². The average Bonchev–Trinajstić information content (AvgIpc) is 3.31. The maximum atomic E-state index is 3.81. The number of fused-ring (bicyclic) bond motifs is 3. The van der Waals surface area contributed by atoms with Crippen molar-refractivity contribution in [3.05, 3.63) is 35.4 Å². The first-order valence-electron chi connectivity index (χ1n) is 7.93. The van der Waals surface area contributed by atoms with E-state index in [1.807, 2.05) is 0 Å². The van der Waals surface area contributed by atoms with Crippen molar-refractivity contribution in [2.45, 2.75) is 44.2 Å². The van der Waals surface area contributed by atoms with Crippen LogP contribution < -0.4 is 5.32 Å². The Morgan fingerprint density at radius 2 is 1.95 bits per heavy atom. The molecule has 1 unspecified atom stereocenters. The van der Waals surface area contributed by atoms with Crippen LogP contribution in [0.5, 0.6) is 0 Å². The first-order valence-corrected chi connectivity index (χ1v) is 7.93. The van der Waals surface area contributed by atoms with E-state index in [0.717, 1.165) is 24.4 Å². The summed E-state index contributed by atoms with van der Waals surface area (Å²) >= 11 is 0. The highest BCUT2D eigenvalue weighted by atomic mass is 15.2. The molecule has 2 bridgehead atoms. The number of piperidine rings is 3. The monoisotopic (exact) mass is 256 g/mol. The van der Waals surface area contributed by atoms with E-state index in [4.69, 9.17) is 0 Å². The van der Waals surface area contributed by atoms with E-state index < -0.39 is 0 Å². The van der Waals surface area contributed by atoms with Crippen LogP contribution in [-0.4, -0.2) is 30.6 Å². The number of hydrogen-bond donors (Lipinski definition) is 1. The molecule has 4 aliphatic rings. The molecule has 4 fully saturated rings. The molecule has 1 atom stereocenters. The van der Waals surface area contributed by atoms with Crippen LogP contribution in [0.4, 0.5) is 0 Å². The van der Waals surface area contributed by atoms with Crippen LogP contribution in [-0.2, 0) is 6.54 Å². The van der Waals surface area contributed by atoms with Gasteiger partial charge < -0.3 is 10.2 Å². The Balaban J connectivity index is 1.38. The molecule has 0 amide bonds. The third-order valence-electron chi connectivity index (χ3n) is 5.22. The van der Waals surface area contributed by atoms with Crippen LogP contribution in [0, 0.1) is 5.92 Å². The molecule has 0 aromatic heterocycles. The van der Waals surface area contributed by atoms with Gasteiger partial charge in [0, 0.05) is 19.1 Å². The van der Waals surface area contributed by atoms with Gasteiger partial charge in [0.05, 0.1) is 0 Å². The number of nitrogens with zero attached hydrogens (tertiary/aromatic N) is 1. The third kappa shape index (κ3) is 2.56. The molecule has 2 heteroatoms. The van der Waals surface area contributed by atoms with E-state index in [9.17, 15) is 0 Å². The van der Waals surface area contributed by atoms with Crippen LogP contribution in [0.15, 0.2) is 24.3 Å².